The average molecular weight is 345 g/mol. The third-order valence-electron chi connectivity index (χ3n) is 5.54. The molecular weight excluding hydrogens is 314 g/mol. The van der Waals surface area contributed by atoms with Crippen LogP contribution in [0.2, 0.25) is 0 Å². The molecule has 0 aromatic heterocycles. The van der Waals surface area contributed by atoms with Crippen molar-refractivity contribution < 1.29 is 14.6 Å². The maximum absolute atomic E-state index is 10.1. The van der Waals surface area contributed by atoms with Gasteiger partial charge in [0.15, 0.2) is 11.5 Å². The van der Waals surface area contributed by atoms with Crippen LogP contribution in [0, 0.1) is 0 Å². The van der Waals surface area contributed by atoms with Crippen molar-refractivity contribution in [3.63, 3.8) is 0 Å². The monoisotopic (exact) mass is 345 g/mol. The van der Waals surface area contributed by atoms with Gasteiger partial charge in [0.05, 0.1) is 19.3 Å². The molecule has 1 N–H and O–H groups in total. The zero-order chi connectivity index (χ0) is 17.9. The molecule has 1 aliphatic heterocycles. The van der Waals surface area contributed by atoms with E-state index in [1.807, 2.05) is 13.0 Å². The van der Waals surface area contributed by atoms with E-state index in [9.17, 15) is 5.11 Å². The Bertz CT molecular complexity index is 628. The summed E-state index contributed by atoms with van der Waals surface area (Å²) >= 11 is 0. The number of aliphatic hydroxyl groups is 1. The molecule has 1 fully saturated rings. The Labute approximate surface area is 151 Å². The van der Waals surface area contributed by atoms with Gasteiger partial charge in [0.25, 0.3) is 0 Å². The third kappa shape index (κ3) is 3.50. The number of ether oxygens (including phenoxy) is 2. The number of unbranched alkanes of at least 4 members (excludes halogenated alkanes) is 1. The van der Waals surface area contributed by atoms with Crippen molar-refractivity contribution in [3.05, 3.63) is 35.5 Å². The lowest BCUT2D eigenvalue weighted by atomic mass is 9.70. The summed E-state index contributed by atoms with van der Waals surface area (Å²) in [4.78, 5) is 2.29. The average Bonchev–Trinajstić information content (AvgIpc) is 2.94. The molecule has 0 saturated carbocycles. The highest BCUT2D eigenvalue weighted by Gasteiger charge is 2.45. The van der Waals surface area contributed by atoms with Crippen molar-refractivity contribution in [1.29, 1.82) is 0 Å². The highest BCUT2D eigenvalue weighted by atomic mass is 16.5. The minimum Gasteiger partial charge on any atom is -0.490 e. The Morgan fingerprint density at radius 1 is 1.20 bits per heavy atom. The van der Waals surface area contributed by atoms with Gasteiger partial charge in [0.1, 0.15) is 0 Å². The Morgan fingerprint density at radius 3 is 2.80 bits per heavy atom. The Morgan fingerprint density at radius 2 is 2.04 bits per heavy atom. The summed E-state index contributed by atoms with van der Waals surface area (Å²) in [7, 11) is 2.12. The molecule has 4 nitrogen and oxygen atoms in total. The number of benzene rings is 1. The molecule has 3 rings (SSSR count). The molecule has 0 unspecified atom stereocenters. The first-order valence-electron chi connectivity index (χ1n) is 9.62. The first-order chi connectivity index (χ1) is 12.1. The van der Waals surface area contributed by atoms with Crippen molar-refractivity contribution in [3.8, 4) is 11.5 Å². The van der Waals surface area contributed by atoms with Gasteiger partial charge in [-0.2, -0.15) is 0 Å². The maximum Gasteiger partial charge on any atom is 0.161 e. The number of allylic oxidation sites excluding steroid dienone is 1. The number of hydrogen-bond acceptors (Lipinski definition) is 4. The molecule has 138 valence electrons. The minimum atomic E-state index is -0.327. The first kappa shape index (κ1) is 18.1. The van der Waals surface area contributed by atoms with Gasteiger partial charge in [0, 0.05) is 24.7 Å². The Kier molecular flexibility index (Phi) is 5.57. The van der Waals surface area contributed by atoms with Gasteiger partial charge in [-0.25, -0.2) is 0 Å². The lowest BCUT2D eigenvalue weighted by Gasteiger charge is -2.37. The van der Waals surface area contributed by atoms with Crippen LogP contribution in [0.3, 0.4) is 0 Å². The second-order valence-electron chi connectivity index (χ2n) is 7.21. The van der Waals surface area contributed by atoms with E-state index in [-0.39, 0.29) is 11.5 Å². The van der Waals surface area contributed by atoms with Gasteiger partial charge in [-0.3, -0.25) is 0 Å². The van der Waals surface area contributed by atoms with Crippen molar-refractivity contribution in [2.24, 2.45) is 0 Å². The Hall–Kier alpha value is -1.68. The molecule has 1 aromatic rings. The fourth-order valence-electron chi connectivity index (χ4n) is 4.13. The van der Waals surface area contributed by atoms with Gasteiger partial charge < -0.3 is 19.5 Å². The predicted molar refractivity (Wildman–Crippen MR) is 100 cm³/mol. The van der Waals surface area contributed by atoms with Crippen molar-refractivity contribution >= 4 is 0 Å². The van der Waals surface area contributed by atoms with Crippen LogP contribution in [0.5, 0.6) is 11.5 Å². The van der Waals surface area contributed by atoms with Crippen LogP contribution in [0.25, 0.3) is 0 Å². The molecule has 4 heteroatoms. The van der Waals surface area contributed by atoms with Crippen LogP contribution >= 0.6 is 0 Å². The van der Waals surface area contributed by atoms with Crippen molar-refractivity contribution in [2.45, 2.75) is 57.5 Å². The molecule has 0 radical (unpaired) electrons. The summed E-state index contributed by atoms with van der Waals surface area (Å²) in [5.74, 6) is 1.67. The molecule has 25 heavy (non-hydrogen) atoms. The summed E-state index contributed by atoms with van der Waals surface area (Å²) in [6.07, 6.45) is 6.76. The van der Waals surface area contributed by atoms with Gasteiger partial charge in [-0.05, 0) is 56.4 Å². The van der Waals surface area contributed by atoms with Crippen LogP contribution < -0.4 is 9.47 Å². The van der Waals surface area contributed by atoms with E-state index in [4.69, 9.17) is 9.47 Å². The lowest BCUT2D eigenvalue weighted by molar-refractivity contribution is 0.181. The fourth-order valence-corrected chi connectivity index (χ4v) is 4.13. The third-order valence-corrected chi connectivity index (χ3v) is 5.54. The summed E-state index contributed by atoms with van der Waals surface area (Å²) in [5, 5.41) is 10.1. The summed E-state index contributed by atoms with van der Waals surface area (Å²) < 4.78 is 11.8. The first-order valence-corrected chi connectivity index (χ1v) is 9.62. The normalized spacial score (nSPS) is 25.5. The largest absolute Gasteiger partial charge is 0.490 e. The molecule has 1 aliphatic carbocycles. The second-order valence-corrected chi connectivity index (χ2v) is 7.21. The zero-order valence-electron chi connectivity index (χ0n) is 15.8. The number of rotatable bonds is 7. The second kappa shape index (κ2) is 7.69. The van der Waals surface area contributed by atoms with Crippen LogP contribution in [-0.4, -0.2) is 42.9 Å². The van der Waals surface area contributed by atoms with Gasteiger partial charge in [-0.1, -0.05) is 19.4 Å². The fraction of sp³-hybridized carbons (Fsp3) is 0.619. The standard InChI is InChI=1S/C21H31NO3/c1-4-6-13-25-19-14-16(7-8-18(19)24-5-2)21-10-9-17(23)15-20(21)22(3)12-11-21/h7-8,14-15,17,23H,4-6,9-13H2,1-3H3/t17-,21+/m1/s1. The van der Waals surface area contributed by atoms with E-state index < -0.39 is 0 Å². The van der Waals surface area contributed by atoms with Crippen LogP contribution in [0.1, 0.15) is 51.5 Å². The van der Waals surface area contributed by atoms with E-state index in [1.165, 1.54) is 11.3 Å². The van der Waals surface area contributed by atoms with Crippen LogP contribution in [0.4, 0.5) is 0 Å². The summed E-state index contributed by atoms with van der Waals surface area (Å²) in [6.45, 7) is 6.54. The predicted octanol–water partition coefficient (Wildman–Crippen LogP) is 3.88. The van der Waals surface area contributed by atoms with E-state index in [2.05, 4.69) is 37.1 Å². The maximum atomic E-state index is 10.1. The quantitative estimate of drug-likeness (QED) is 0.762. The lowest BCUT2D eigenvalue weighted by Crippen LogP contribution is -2.33. The zero-order valence-corrected chi connectivity index (χ0v) is 15.8. The van der Waals surface area contributed by atoms with Gasteiger partial charge in [0.2, 0.25) is 0 Å². The van der Waals surface area contributed by atoms with E-state index in [0.717, 1.165) is 50.1 Å². The summed E-state index contributed by atoms with van der Waals surface area (Å²) in [5.41, 5.74) is 2.54. The molecule has 1 aromatic carbocycles. The van der Waals surface area contributed by atoms with E-state index >= 15 is 0 Å². The number of nitrogens with zero attached hydrogens (tertiary/aromatic N) is 1. The number of likely N-dealkylation sites (tertiary alicyclic amines) is 1. The topological polar surface area (TPSA) is 41.9 Å². The van der Waals surface area contributed by atoms with E-state index in [1.54, 1.807) is 0 Å². The van der Waals surface area contributed by atoms with Crippen molar-refractivity contribution in [1.82, 2.24) is 4.90 Å². The van der Waals surface area contributed by atoms with Gasteiger partial charge >= 0.3 is 0 Å². The smallest absolute Gasteiger partial charge is 0.161 e. The molecular formula is C21H31NO3. The molecule has 0 spiro atoms. The summed E-state index contributed by atoms with van der Waals surface area (Å²) in [6, 6.07) is 6.41. The molecule has 0 amide bonds. The Balaban J connectivity index is 1.96. The number of fused-ring (bicyclic) bond motifs is 1. The molecule has 2 atom stereocenters. The molecule has 1 heterocycles. The highest BCUT2D eigenvalue weighted by molar-refractivity contribution is 5.49. The molecule has 0 bridgehead atoms. The van der Waals surface area contributed by atoms with Crippen LogP contribution in [0.15, 0.2) is 30.0 Å². The molecule has 2 aliphatic rings. The SMILES string of the molecule is CCCCOc1cc([C@@]23CC[C@@H](O)C=C2N(C)CC3)ccc1OCC. The number of aliphatic hydroxyl groups excluding tert-OH is 1. The molecule has 1 saturated heterocycles. The van der Waals surface area contributed by atoms with Crippen molar-refractivity contribution in [2.75, 3.05) is 26.8 Å². The van der Waals surface area contributed by atoms with Gasteiger partial charge in [-0.15, -0.1) is 0 Å². The number of hydrogen-bond donors (Lipinski definition) is 1. The van der Waals surface area contributed by atoms with E-state index in [0.29, 0.717) is 13.2 Å². The minimum absolute atomic E-state index is 0.00158. The highest BCUT2D eigenvalue weighted by Crippen LogP contribution is 2.50. The van der Waals surface area contributed by atoms with Crippen LogP contribution in [-0.2, 0) is 5.41 Å². The number of likely N-dealkylation sites (N-methyl/N-ethyl adjacent to an activating group) is 1.